The molecule has 1 fully saturated rings. The summed E-state index contributed by atoms with van der Waals surface area (Å²) in [4.78, 5) is 15.0. The minimum Gasteiger partial charge on any atom is -0.384 e. The molecule has 0 saturated carbocycles. The zero-order valence-corrected chi connectivity index (χ0v) is 30.1. The molecule has 1 aromatic heterocycles. The van der Waals surface area contributed by atoms with Crippen LogP contribution in [0.25, 0.3) is 33.3 Å². The number of fused-ring (bicyclic) bond motifs is 1. The Morgan fingerprint density at radius 3 is 2.61 bits per heavy atom. The van der Waals surface area contributed by atoms with Crippen LogP contribution in [0.1, 0.15) is 55.8 Å². The van der Waals surface area contributed by atoms with Crippen LogP contribution in [0.4, 0.5) is 15.8 Å². The van der Waals surface area contributed by atoms with Crippen molar-refractivity contribution in [2.45, 2.75) is 46.0 Å². The molecule has 8 nitrogen and oxygen atoms in total. The number of amides is 1. The molecule has 0 bridgehead atoms. The minimum atomic E-state index is -0.257. The molecule has 51 heavy (non-hydrogen) atoms. The van der Waals surface area contributed by atoms with Crippen LogP contribution >= 0.6 is 0 Å². The Hall–Kier alpha value is -4.99. The Balaban J connectivity index is 1.13. The van der Waals surface area contributed by atoms with Crippen molar-refractivity contribution in [3.05, 3.63) is 112 Å². The number of aryl methyl sites for hydroxylation is 1. The van der Waals surface area contributed by atoms with E-state index in [0.29, 0.717) is 18.8 Å². The van der Waals surface area contributed by atoms with Crippen molar-refractivity contribution in [3.63, 3.8) is 0 Å². The lowest BCUT2D eigenvalue weighted by molar-refractivity contribution is -0.117. The number of anilines is 2. The summed E-state index contributed by atoms with van der Waals surface area (Å²) in [7, 11) is 4.06. The summed E-state index contributed by atoms with van der Waals surface area (Å²) < 4.78 is 14.9. The van der Waals surface area contributed by atoms with Crippen LogP contribution in [-0.2, 0) is 4.79 Å². The van der Waals surface area contributed by atoms with Gasteiger partial charge in [-0.3, -0.25) is 9.89 Å². The van der Waals surface area contributed by atoms with E-state index in [2.05, 4.69) is 93.7 Å². The standard InChI is InChI=1S/C42H48FN7O/c1-26-5-7-35(31-21-32(43)25-33(23-31)45-15-16-50(3)4)36-8-10-39(47-40(36)19-26)42-37-24-29(6-9-38(37)48-49-42)30-17-27(2)18-34(22-30)46-41(51)20-28-11-13-44-14-12-28/h5-7,9-10,17-18,21-25,28,44-45,47H,8,11-16,19-20H2,1-4H3,(H,46,51)(H,48,49). The van der Waals surface area contributed by atoms with Gasteiger partial charge in [0.15, 0.2) is 0 Å². The monoisotopic (exact) mass is 685 g/mol. The zero-order chi connectivity index (χ0) is 35.5. The summed E-state index contributed by atoms with van der Waals surface area (Å²) in [5.41, 5.74) is 12.9. The number of allylic oxidation sites excluding steroid dienone is 6. The zero-order valence-electron chi connectivity index (χ0n) is 30.1. The largest absolute Gasteiger partial charge is 0.384 e. The van der Waals surface area contributed by atoms with Gasteiger partial charge in [0.25, 0.3) is 0 Å². The molecule has 9 heteroatoms. The highest BCUT2D eigenvalue weighted by Crippen LogP contribution is 2.39. The fourth-order valence-corrected chi connectivity index (χ4v) is 7.38. The topological polar surface area (TPSA) is 97.1 Å². The van der Waals surface area contributed by atoms with Gasteiger partial charge in [0.2, 0.25) is 5.91 Å². The molecule has 2 aliphatic heterocycles. The number of likely N-dealkylation sites (N-methyl/N-ethyl adjacent to an activating group) is 1. The molecule has 1 aliphatic carbocycles. The van der Waals surface area contributed by atoms with Gasteiger partial charge >= 0.3 is 0 Å². The van der Waals surface area contributed by atoms with Crippen molar-refractivity contribution in [2.75, 3.05) is 50.9 Å². The molecule has 5 N–H and O–H groups in total. The lowest BCUT2D eigenvalue weighted by Gasteiger charge is -2.24. The van der Waals surface area contributed by atoms with Gasteiger partial charge in [0.05, 0.1) is 11.2 Å². The number of H-pyrrole nitrogens is 1. The third-order valence-electron chi connectivity index (χ3n) is 10.0. The van der Waals surface area contributed by atoms with Crippen molar-refractivity contribution in [2.24, 2.45) is 5.92 Å². The second-order valence-electron chi connectivity index (χ2n) is 14.5. The van der Waals surface area contributed by atoms with Gasteiger partial charge in [-0.15, -0.1) is 0 Å². The average molecular weight is 686 g/mol. The van der Waals surface area contributed by atoms with E-state index in [-0.39, 0.29) is 11.7 Å². The Morgan fingerprint density at radius 2 is 1.78 bits per heavy atom. The molecule has 7 rings (SSSR count). The lowest BCUT2D eigenvalue weighted by atomic mass is 9.90. The van der Waals surface area contributed by atoms with Crippen molar-refractivity contribution in [1.82, 2.24) is 25.7 Å². The normalized spacial score (nSPS) is 16.6. The van der Waals surface area contributed by atoms with Crippen molar-refractivity contribution < 1.29 is 9.18 Å². The molecular formula is C42H48FN7O. The number of aromatic nitrogens is 2. The van der Waals surface area contributed by atoms with E-state index in [1.807, 2.05) is 26.2 Å². The van der Waals surface area contributed by atoms with E-state index in [0.717, 1.165) is 118 Å². The lowest BCUT2D eigenvalue weighted by Crippen LogP contribution is -2.30. The predicted molar refractivity (Wildman–Crippen MR) is 208 cm³/mol. The molecule has 1 saturated heterocycles. The third-order valence-corrected chi connectivity index (χ3v) is 10.0. The van der Waals surface area contributed by atoms with Crippen molar-refractivity contribution in [1.29, 1.82) is 0 Å². The summed E-state index contributed by atoms with van der Waals surface area (Å²) in [5, 5.41) is 22.7. The highest BCUT2D eigenvalue weighted by molar-refractivity contribution is 5.96. The summed E-state index contributed by atoms with van der Waals surface area (Å²) >= 11 is 0. The number of nitrogens with zero attached hydrogens (tertiary/aromatic N) is 2. The minimum absolute atomic E-state index is 0.0751. The van der Waals surface area contributed by atoms with Gasteiger partial charge in [-0.1, -0.05) is 35.9 Å². The summed E-state index contributed by atoms with van der Waals surface area (Å²) in [6.45, 7) is 7.75. The van der Waals surface area contributed by atoms with E-state index in [9.17, 15) is 9.18 Å². The smallest absolute Gasteiger partial charge is 0.224 e. The number of dihydropyridines is 1. The van der Waals surface area contributed by atoms with E-state index >= 15 is 0 Å². The first-order valence-corrected chi connectivity index (χ1v) is 18.1. The number of carbonyl (C=O) groups is 1. The van der Waals surface area contributed by atoms with Crippen LogP contribution in [0.5, 0.6) is 0 Å². The molecular weight excluding hydrogens is 638 g/mol. The highest BCUT2D eigenvalue weighted by atomic mass is 19.1. The van der Waals surface area contributed by atoms with Gasteiger partial charge in [0, 0.05) is 48.4 Å². The quantitative estimate of drug-likeness (QED) is 0.116. The first-order chi connectivity index (χ1) is 24.7. The molecule has 3 aliphatic rings. The maximum Gasteiger partial charge on any atom is 0.224 e. The average Bonchev–Trinajstić information content (AvgIpc) is 3.44. The van der Waals surface area contributed by atoms with Crippen LogP contribution < -0.4 is 21.3 Å². The molecule has 1 amide bonds. The molecule has 264 valence electrons. The third kappa shape index (κ3) is 8.16. The van der Waals surface area contributed by atoms with E-state index in [4.69, 9.17) is 5.10 Å². The Labute approximate surface area is 300 Å². The molecule has 0 spiro atoms. The van der Waals surface area contributed by atoms with Gasteiger partial charge in [-0.2, -0.15) is 5.10 Å². The number of hydrogen-bond acceptors (Lipinski definition) is 6. The summed E-state index contributed by atoms with van der Waals surface area (Å²) in [6.07, 6.45) is 10.5. The van der Waals surface area contributed by atoms with Gasteiger partial charge < -0.3 is 26.2 Å². The maximum absolute atomic E-state index is 14.9. The predicted octanol–water partition coefficient (Wildman–Crippen LogP) is 8.00. The van der Waals surface area contributed by atoms with Crippen molar-refractivity contribution >= 4 is 39.5 Å². The van der Waals surface area contributed by atoms with Crippen LogP contribution in [-0.4, -0.2) is 61.3 Å². The highest BCUT2D eigenvalue weighted by Gasteiger charge is 2.24. The van der Waals surface area contributed by atoms with Crippen molar-refractivity contribution in [3.8, 4) is 11.1 Å². The van der Waals surface area contributed by atoms with Gasteiger partial charge in [-0.25, -0.2) is 4.39 Å². The first kappa shape index (κ1) is 34.5. The van der Waals surface area contributed by atoms with E-state index < -0.39 is 0 Å². The first-order valence-electron chi connectivity index (χ1n) is 18.1. The molecule has 3 heterocycles. The number of hydrogen-bond donors (Lipinski definition) is 5. The molecule has 0 radical (unpaired) electrons. The summed E-state index contributed by atoms with van der Waals surface area (Å²) in [6, 6.07) is 17.8. The second-order valence-corrected chi connectivity index (χ2v) is 14.5. The molecule has 0 unspecified atom stereocenters. The fourth-order valence-electron chi connectivity index (χ4n) is 7.38. The second kappa shape index (κ2) is 15.1. The number of piperidine rings is 1. The molecule has 3 aromatic carbocycles. The number of rotatable bonds is 10. The van der Waals surface area contributed by atoms with E-state index in [1.165, 1.54) is 5.57 Å². The van der Waals surface area contributed by atoms with Crippen LogP contribution in [0, 0.1) is 18.7 Å². The Kier molecular flexibility index (Phi) is 10.2. The number of benzene rings is 3. The SMILES string of the molecule is CC1=CC=C(c2cc(F)cc(NCCN(C)C)c2)C2=C(C1)NC(c1n[nH]c3ccc(-c4cc(C)cc(NC(=O)CC5CCNCC5)c4)cc13)=CC2. The van der Waals surface area contributed by atoms with Crippen LogP contribution in [0.15, 0.2) is 89.7 Å². The number of nitrogens with one attached hydrogen (secondary N) is 5. The maximum atomic E-state index is 14.9. The number of aromatic amines is 1. The number of carbonyl (C=O) groups excluding carboxylic acids is 1. The molecule has 4 aromatic rings. The summed E-state index contributed by atoms with van der Waals surface area (Å²) in [5.74, 6) is 0.250. The fraction of sp³-hybridized carbons (Fsp3) is 0.333. The van der Waals surface area contributed by atoms with Crippen LogP contribution in [0.3, 0.4) is 0 Å². The Morgan fingerprint density at radius 1 is 0.961 bits per heavy atom. The number of halogens is 1. The van der Waals surface area contributed by atoms with Crippen LogP contribution in [0.2, 0.25) is 0 Å². The Bertz CT molecular complexity index is 2080. The van der Waals surface area contributed by atoms with E-state index in [1.54, 1.807) is 12.1 Å². The molecule has 0 atom stereocenters. The van der Waals surface area contributed by atoms with Gasteiger partial charge in [-0.05, 0) is 142 Å². The van der Waals surface area contributed by atoms with Gasteiger partial charge in [0.1, 0.15) is 11.5 Å².